The van der Waals surface area contributed by atoms with E-state index in [1.807, 2.05) is 6.92 Å². The van der Waals surface area contributed by atoms with Crippen LogP contribution in [0, 0.1) is 17.0 Å². The van der Waals surface area contributed by atoms with Crippen molar-refractivity contribution in [2.75, 3.05) is 5.32 Å². The molecular weight excluding hydrogens is 356 g/mol. The molecule has 0 spiro atoms. The SMILES string of the molecule is CCCn1cnc2sc(C(=O)Nc3cccc([N+](=O)[O-])c3)c(C)c2c1=O. The predicted octanol–water partition coefficient (Wildman–Crippen LogP) is 3.34. The van der Waals surface area contributed by atoms with Gasteiger partial charge in [0.05, 0.1) is 21.5 Å². The van der Waals surface area contributed by atoms with E-state index in [0.717, 1.165) is 17.8 Å². The van der Waals surface area contributed by atoms with Gasteiger partial charge in [-0.2, -0.15) is 0 Å². The average molecular weight is 372 g/mol. The Hall–Kier alpha value is -3.07. The first-order chi connectivity index (χ1) is 12.4. The smallest absolute Gasteiger partial charge is 0.271 e. The molecule has 2 heterocycles. The standard InChI is InChI=1S/C17H16N4O4S/c1-3-7-20-9-18-16-13(17(20)23)10(2)14(26-16)15(22)19-11-5-4-6-12(8-11)21(24)25/h4-6,8-9H,3,7H2,1-2H3,(H,19,22). The van der Waals surface area contributed by atoms with Gasteiger partial charge in [0.1, 0.15) is 4.83 Å². The van der Waals surface area contributed by atoms with Crippen LogP contribution in [-0.4, -0.2) is 20.4 Å². The Kier molecular flexibility index (Phi) is 4.81. The van der Waals surface area contributed by atoms with E-state index >= 15 is 0 Å². The molecule has 0 fully saturated rings. The van der Waals surface area contributed by atoms with Gasteiger partial charge in [-0.1, -0.05) is 13.0 Å². The number of aryl methyl sites for hydroxylation is 2. The largest absolute Gasteiger partial charge is 0.321 e. The molecule has 2 aromatic heterocycles. The maximum Gasteiger partial charge on any atom is 0.271 e. The maximum atomic E-state index is 12.6. The lowest BCUT2D eigenvalue weighted by molar-refractivity contribution is -0.384. The second kappa shape index (κ2) is 7.04. The molecule has 0 aliphatic heterocycles. The molecule has 8 nitrogen and oxygen atoms in total. The summed E-state index contributed by atoms with van der Waals surface area (Å²) in [5.41, 5.74) is 0.605. The summed E-state index contributed by atoms with van der Waals surface area (Å²) >= 11 is 1.13. The van der Waals surface area contributed by atoms with Crippen molar-refractivity contribution in [2.45, 2.75) is 26.8 Å². The van der Waals surface area contributed by atoms with Crippen LogP contribution in [-0.2, 0) is 6.54 Å². The molecule has 26 heavy (non-hydrogen) atoms. The highest BCUT2D eigenvalue weighted by Crippen LogP contribution is 2.28. The summed E-state index contributed by atoms with van der Waals surface area (Å²) < 4.78 is 1.53. The Morgan fingerprint density at radius 2 is 2.19 bits per heavy atom. The third-order valence-corrected chi connectivity index (χ3v) is 5.10. The lowest BCUT2D eigenvalue weighted by Crippen LogP contribution is -2.20. The van der Waals surface area contributed by atoms with Gasteiger partial charge in [0.15, 0.2) is 0 Å². The van der Waals surface area contributed by atoms with Crippen LogP contribution in [0.5, 0.6) is 0 Å². The number of rotatable bonds is 5. The number of non-ortho nitro benzene ring substituents is 1. The lowest BCUT2D eigenvalue weighted by Gasteiger charge is -2.04. The molecule has 3 aromatic rings. The molecule has 0 saturated carbocycles. The van der Waals surface area contributed by atoms with Gasteiger partial charge in [-0.05, 0) is 25.0 Å². The fraction of sp³-hybridized carbons (Fsp3) is 0.235. The van der Waals surface area contributed by atoms with Gasteiger partial charge in [-0.25, -0.2) is 4.98 Å². The van der Waals surface area contributed by atoms with Crippen LogP contribution in [0.15, 0.2) is 35.4 Å². The monoisotopic (exact) mass is 372 g/mol. The van der Waals surface area contributed by atoms with Crippen molar-refractivity contribution in [3.05, 3.63) is 61.5 Å². The summed E-state index contributed by atoms with van der Waals surface area (Å²) in [6.45, 7) is 4.24. The first-order valence-corrected chi connectivity index (χ1v) is 8.78. The number of thiophene rings is 1. The van der Waals surface area contributed by atoms with Crippen LogP contribution in [0.4, 0.5) is 11.4 Å². The summed E-state index contributed by atoms with van der Waals surface area (Å²) in [6, 6.07) is 5.70. The Labute approximate surface area is 152 Å². The van der Waals surface area contributed by atoms with Crippen molar-refractivity contribution in [3.63, 3.8) is 0 Å². The molecule has 0 aliphatic carbocycles. The molecule has 0 bridgehead atoms. The molecule has 1 N–H and O–H groups in total. The van der Waals surface area contributed by atoms with Gasteiger partial charge in [0.2, 0.25) is 0 Å². The zero-order valence-electron chi connectivity index (χ0n) is 14.2. The van der Waals surface area contributed by atoms with Gasteiger partial charge in [-0.3, -0.25) is 24.3 Å². The van der Waals surface area contributed by atoms with Crippen molar-refractivity contribution in [1.82, 2.24) is 9.55 Å². The summed E-state index contributed by atoms with van der Waals surface area (Å²) in [4.78, 5) is 40.7. The van der Waals surface area contributed by atoms with Crippen molar-refractivity contribution in [2.24, 2.45) is 0 Å². The van der Waals surface area contributed by atoms with E-state index in [1.54, 1.807) is 13.0 Å². The lowest BCUT2D eigenvalue weighted by atomic mass is 10.2. The van der Waals surface area contributed by atoms with Crippen LogP contribution < -0.4 is 10.9 Å². The molecule has 3 rings (SSSR count). The molecule has 0 atom stereocenters. The van der Waals surface area contributed by atoms with E-state index in [-0.39, 0.29) is 11.2 Å². The van der Waals surface area contributed by atoms with Gasteiger partial charge < -0.3 is 5.32 Å². The summed E-state index contributed by atoms with van der Waals surface area (Å²) in [7, 11) is 0. The zero-order chi connectivity index (χ0) is 18.8. The van der Waals surface area contributed by atoms with E-state index in [4.69, 9.17) is 0 Å². The van der Waals surface area contributed by atoms with Crippen LogP contribution >= 0.6 is 11.3 Å². The highest BCUT2D eigenvalue weighted by molar-refractivity contribution is 7.20. The van der Waals surface area contributed by atoms with E-state index in [9.17, 15) is 19.7 Å². The molecule has 0 saturated heterocycles. The number of carbonyl (C=O) groups is 1. The second-order valence-corrected chi connectivity index (χ2v) is 6.74. The summed E-state index contributed by atoms with van der Waals surface area (Å²) in [5.74, 6) is -0.424. The first kappa shape index (κ1) is 17.7. The highest BCUT2D eigenvalue weighted by Gasteiger charge is 2.20. The van der Waals surface area contributed by atoms with Crippen molar-refractivity contribution >= 4 is 38.8 Å². The average Bonchev–Trinajstić information content (AvgIpc) is 2.95. The number of benzene rings is 1. The van der Waals surface area contributed by atoms with E-state index < -0.39 is 10.8 Å². The minimum absolute atomic E-state index is 0.111. The van der Waals surface area contributed by atoms with Crippen molar-refractivity contribution in [3.8, 4) is 0 Å². The number of fused-ring (bicyclic) bond motifs is 1. The van der Waals surface area contributed by atoms with Crippen LogP contribution in [0.3, 0.4) is 0 Å². The fourth-order valence-corrected chi connectivity index (χ4v) is 3.70. The van der Waals surface area contributed by atoms with Gasteiger partial charge in [-0.15, -0.1) is 11.3 Å². The second-order valence-electron chi connectivity index (χ2n) is 5.74. The van der Waals surface area contributed by atoms with Crippen LogP contribution in [0.1, 0.15) is 28.6 Å². The summed E-state index contributed by atoms with van der Waals surface area (Å²) in [6.07, 6.45) is 2.29. The quantitative estimate of drug-likeness (QED) is 0.546. The van der Waals surface area contributed by atoms with Gasteiger partial charge >= 0.3 is 0 Å². The van der Waals surface area contributed by atoms with Gasteiger partial charge in [0.25, 0.3) is 17.2 Å². The number of nitrogens with one attached hydrogen (secondary N) is 1. The Bertz CT molecular complexity index is 1070. The van der Waals surface area contributed by atoms with Crippen LogP contribution in [0.25, 0.3) is 10.2 Å². The minimum atomic E-state index is -0.527. The zero-order valence-corrected chi connectivity index (χ0v) is 15.0. The molecule has 9 heteroatoms. The molecule has 1 aromatic carbocycles. The first-order valence-electron chi connectivity index (χ1n) is 7.96. The van der Waals surface area contributed by atoms with Crippen molar-refractivity contribution < 1.29 is 9.72 Å². The maximum absolute atomic E-state index is 12.6. The molecule has 134 valence electrons. The normalized spacial score (nSPS) is 10.8. The van der Waals surface area contributed by atoms with Crippen molar-refractivity contribution in [1.29, 1.82) is 0 Å². The third-order valence-electron chi connectivity index (χ3n) is 3.90. The Morgan fingerprint density at radius 1 is 1.42 bits per heavy atom. The predicted molar refractivity (Wildman–Crippen MR) is 100.0 cm³/mol. The number of nitro benzene ring substituents is 1. The minimum Gasteiger partial charge on any atom is -0.321 e. The number of anilines is 1. The number of carbonyl (C=O) groups excluding carboxylic acids is 1. The fourth-order valence-electron chi connectivity index (χ4n) is 2.66. The van der Waals surface area contributed by atoms with Crippen LogP contribution in [0.2, 0.25) is 0 Å². The van der Waals surface area contributed by atoms with E-state index in [2.05, 4.69) is 10.3 Å². The van der Waals surface area contributed by atoms with E-state index in [0.29, 0.717) is 32.9 Å². The number of hydrogen-bond donors (Lipinski definition) is 1. The number of amides is 1. The Balaban J connectivity index is 1.97. The number of hydrogen-bond acceptors (Lipinski definition) is 6. The Morgan fingerprint density at radius 3 is 2.88 bits per heavy atom. The molecule has 0 radical (unpaired) electrons. The summed E-state index contributed by atoms with van der Waals surface area (Å²) in [5, 5.41) is 13.9. The third kappa shape index (κ3) is 3.21. The molecule has 1 amide bonds. The molecule has 0 aliphatic rings. The number of aromatic nitrogens is 2. The number of nitro groups is 1. The highest BCUT2D eigenvalue weighted by atomic mass is 32.1. The number of nitrogens with zero attached hydrogens (tertiary/aromatic N) is 3. The van der Waals surface area contributed by atoms with Gasteiger partial charge in [0, 0.05) is 24.4 Å². The molecular formula is C17H16N4O4S. The van der Waals surface area contributed by atoms with E-state index in [1.165, 1.54) is 29.1 Å². The molecule has 0 unspecified atom stereocenters. The topological polar surface area (TPSA) is 107 Å².